The molecule has 128 valence electrons. The summed E-state index contributed by atoms with van der Waals surface area (Å²) in [7, 11) is 1.49. The van der Waals surface area contributed by atoms with E-state index in [0.717, 1.165) is 5.06 Å². The van der Waals surface area contributed by atoms with Crippen LogP contribution in [0.2, 0.25) is 0 Å². The summed E-state index contributed by atoms with van der Waals surface area (Å²) in [5.74, 6) is 0.567. The minimum Gasteiger partial charge on any atom is -0.481 e. The van der Waals surface area contributed by atoms with Crippen LogP contribution in [0.4, 0.5) is 0 Å². The lowest BCUT2D eigenvalue weighted by Gasteiger charge is -2.39. The van der Waals surface area contributed by atoms with Gasteiger partial charge in [-0.3, -0.25) is 19.6 Å². The van der Waals surface area contributed by atoms with Gasteiger partial charge >= 0.3 is 0 Å². The van der Waals surface area contributed by atoms with Crippen molar-refractivity contribution in [2.24, 2.45) is 0 Å². The van der Waals surface area contributed by atoms with E-state index in [-0.39, 0.29) is 5.56 Å². The van der Waals surface area contributed by atoms with Gasteiger partial charge in [-0.15, -0.1) is 0 Å². The van der Waals surface area contributed by atoms with Gasteiger partial charge in [0.05, 0.1) is 17.3 Å². The number of hydrogen-bond acceptors (Lipinski definition) is 5. The molecule has 2 aromatic rings. The van der Waals surface area contributed by atoms with Gasteiger partial charge in [0, 0.05) is 24.9 Å². The Bertz CT molecular complexity index is 978. The molecule has 0 saturated heterocycles. The normalized spacial score (nSPS) is 15.2. The Hall–Kier alpha value is -3.04. The summed E-state index contributed by atoms with van der Waals surface area (Å²) in [5, 5.41) is 20.6. The topological polar surface area (TPSA) is 78.5 Å². The number of ether oxygens (including phenoxy) is 1. The molecule has 0 bridgehead atoms. The molecule has 0 atom stereocenters. The van der Waals surface area contributed by atoms with Crippen molar-refractivity contribution in [3.63, 3.8) is 0 Å². The number of benzene rings is 1. The molecule has 25 heavy (non-hydrogen) atoms. The maximum absolute atomic E-state index is 12.5. The third-order valence-corrected chi connectivity index (χ3v) is 4.33. The SMILES string of the molecule is Cc1c(C#N)ccc2c1C(n1ccccc1=O)=C(N(C)O)C(C)(C)O2. The second-order valence-electron chi connectivity index (χ2n) is 6.47. The van der Waals surface area contributed by atoms with Crippen molar-refractivity contribution >= 4 is 5.70 Å². The Morgan fingerprint density at radius 1 is 1.28 bits per heavy atom. The first-order valence-electron chi connectivity index (χ1n) is 7.86. The highest BCUT2D eigenvalue weighted by atomic mass is 16.5. The Morgan fingerprint density at radius 3 is 2.60 bits per heavy atom. The summed E-state index contributed by atoms with van der Waals surface area (Å²) in [6.07, 6.45) is 1.64. The molecule has 1 N–H and O–H groups in total. The lowest BCUT2D eigenvalue weighted by atomic mass is 9.90. The zero-order valence-corrected chi connectivity index (χ0v) is 14.6. The molecule has 2 heterocycles. The first-order chi connectivity index (χ1) is 11.8. The molecule has 0 radical (unpaired) electrons. The number of hydroxylamine groups is 2. The van der Waals surface area contributed by atoms with E-state index < -0.39 is 5.60 Å². The largest absolute Gasteiger partial charge is 0.481 e. The third kappa shape index (κ3) is 2.59. The van der Waals surface area contributed by atoms with E-state index in [9.17, 15) is 15.3 Å². The molecule has 0 unspecified atom stereocenters. The highest BCUT2D eigenvalue weighted by Gasteiger charge is 2.39. The van der Waals surface area contributed by atoms with E-state index in [2.05, 4.69) is 6.07 Å². The molecule has 1 aliphatic rings. The molecule has 0 aliphatic carbocycles. The molecule has 1 aromatic heterocycles. The number of aromatic nitrogens is 1. The van der Waals surface area contributed by atoms with Crippen molar-refractivity contribution in [2.75, 3.05) is 7.05 Å². The molecular formula is C19H19N3O3. The molecule has 6 nitrogen and oxygen atoms in total. The first kappa shape index (κ1) is 16.8. The average Bonchev–Trinajstić information content (AvgIpc) is 2.53. The Morgan fingerprint density at radius 2 is 2.00 bits per heavy atom. The fourth-order valence-corrected chi connectivity index (χ4v) is 3.30. The molecule has 3 rings (SSSR count). The van der Waals surface area contributed by atoms with Crippen molar-refractivity contribution in [3.05, 3.63) is 69.3 Å². The molecule has 0 saturated carbocycles. The van der Waals surface area contributed by atoms with Crippen molar-refractivity contribution in [1.29, 1.82) is 5.26 Å². The van der Waals surface area contributed by atoms with E-state index in [1.54, 1.807) is 30.5 Å². The quantitative estimate of drug-likeness (QED) is 0.853. The predicted molar refractivity (Wildman–Crippen MR) is 93.2 cm³/mol. The summed E-state index contributed by atoms with van der Waals surface area (Å²) >= 11 is 0. The van der Waals surface area contributed by atoms with Crippen molar-refractivity contribution in [2.45, 2.75) is 26.4 Å². The highest BCUT2D eigenvalue weighted by molar-refractivity contribution is 5.79. The van der Waals surface area contributed by atoms with E-state index in [4.69, 9.17) is 4.74 Å². The Labute approximate surface area is 145 Å². The van der Waals surface area contributed by atoms with Gasteiger partial charge in [0.15, 0.2) is 0 Å². The number of hydrogen-bond donors (Lipinski definition) is 1. The van der Waals surface area contributed by atoms with Gasteiger partial charge in [0.2, 0.25) is 0 Å². The van der Waals surface area contributed by atoms with E-state index in [1.807, 2.05) is 20.8 Å². The van der Waals surface area contributed by atoms with Crippen LogP contribution < -0.4 is 10.3 Å². The molecule has 6 heteroatoms. The summed E-state index contributed by atoms with van der Waals surface area (Å²) in [6.45, 7) is 5.45. The maximum Gasteiger partial charge on any atom is 0.255 e. The second-order valence-corrected chi connectivity index (χ2v) is 6.47. The zero-order chi connectivity index (χ0) is 18.4. The third-order valence-electron chi connectivity index (χ3n) is 4.33. The van der Waals surface area contributed by atoms with Crippen molar-refractivity contribution in [3.8, 4) is 11.8 Å². The van der Waals surface area contributed by atoms with Gasteiger partial charge in [0.25, 0.3) is 5.56 Å². The van der Waals surface area contributed by atoms with E-state index >= 15 is 0 Å². The molecule has 0 spiro atoms. The smallest absolute Gasteiger partial charge is 0.255 e. The van der Waals surface area contributed by atoms with Crippen LogP contribution in [0.5, 0.6) is 5.75 Å². The van der Waals surface area contributed by atoms with Crippen LogP contribution >= 0.6 is 0 Å². The number of pyridine rings is 1. The lowest BCUT2D eigenvalue weighted by Crippen LogP contribution is -2.43. The Kier molecular flexibility index (Phi) is 3.90. The van der Waals surface area contributed by atoms with Crippen LogP contribution in [0, 0.1) is 18.3 Å². The molecule has 1 aromatic carbocycles. The van der Waals surface area contributed by atoms with Gasteiger partial charge < -0.3 is 4.74 Å². The van der Waals surface area contributed by atoms with Gasteiger partial charge in [-0.05, 0) is 44.5 Å². The molecule has 0 fully saturated rings. The number of nitriles is 1. The summed E-state index contributed by atoms with van der Waals surface area (Å²) < 4.78 is 7.55. The van der Waals surface area contributed by atoms with Gasteiger partial charge in [-0.25, -0.2) is 0 Å². The number of rotatable bonds is 2. The zero-order valence-electron chi connectivity index (χ0n) is 14.6. The number of fused-ring (bicyclic) bond motifs is 1. The van der Waals surface area contributed by atoms with Gasteiger partial charge in [-0.2, -0.15) is 5.26 Å². The van der Waals surface area contributed by atoms with Gasteiger partial charge in [-0.1, -0.05) is 6.07 Å². The van der Waals surface area contributed by atoms with Crippen LogP contribution in [0.3, 0.4) is 0 Å². The summed E-state index contributed by atoms with van der Waals surface area (Å²) in [6, 6.07) is 10.4. The monoisotopic (exact) mass is 337 g/mol. The van der Waals surface area contributed by atoms with Crippen LogP contribution in [0.25, 0.3) is 5.70 Å². The first-order valence-corrected chi connectivity index (χ1v) is 7.86. The van der Waals surface area contributed by atoms with Crippen LogP contribution in [-0.4, -0.2) is 27.5 Å². The summed E-state index contributed by atoms with van der Waals surface area (Å²) in [5.41, 5.74) is 1.65. The van der Waals surface area contributed by atoms with Crippen LogP contribution in [0.1, 0.15) is 30.5 Å². The Balaban J connectivity index is 2.50. The van der Waals surface area contributed by atoms with Crippen molar-refractivity contribution in [1.82, 2.24) is 9.63 Å². The molecule has 1 aliphatic heterocycles. The number of likely N-dealkylation sites (N-methyl/N-ethyl adjacent to an activating group) is 1. The van der Waals surface area contributed by atoms with Crippen LogP contribution in [-0.2, 0) is 0 Å². The molecule has 0 amide bonds. The summed E-state index contributed by atoms with van der Waals surface area (Å²) in [4.78, 5) is 12.5. The number of nitrogens with zero attached hydrogens (tertiary/aromatic N) is 3. The maximum atomic E-state index is 12.5. The highest BCUT2D eigenvalue weighted by Crippen LogP contribution is 2.43. The van der Waals surface area contributed by atoms with Crippen molar-refractivity contribution < 1.29 is 9.94 Å². The fraction of sp³-hybridized carbons (Fsp3) is 0.263. The second kappa shape index (κ2) is 5.80. The van der Waals surface area contributed by atoms with E-state index in [1.165, 1.54) is 17.7 Å². The lowest BCUT2D eigenvalue weighted by molar-refractivity contribution is -0.0626. The van der Waals surface area contributed by atoms with Gasteiger partial charge in [0.1, 0.15) is 17.0 Å². The average molecular weight is 337 g/mol. The van der Waals surface area contributed by atoms with Crippen LogP contribution in [0.15, 0.2) is 47.0 Å². The standard InChI is InChI=1S/C19H19N3O3/c1-12-13(11-20)8-9-14-16(12)17(22-10-6-5-7-15(22)23)18(21(4)24)19(2,3)25-14/h5-10,24H,1-4H3. The fourth-order valence-electron chi connectivity index (χ4n) is 3.30. The minimum atomic E-state index is -0.873. The van der Waals surface area contributed by atoms with E-state index in [0.29, 0.717) is 33.8 Å². The molecular weight excluding hydrogens is 318 g/mol. The minimum absolute atomic E-state index is 0.234. The predicted octanol–water partition coefficient (Wildman–Crippen LogP) is 2.74.